The van der Waals surface area contributed by atoms with E-state index in [4.69, 9.17) is 33.2 Å². The summed E-state index contributed by atoms with van der Waals surface area (Å²) in [5, 5.41) is 52.5. The number of aliphatic hydroxyl groups is 4. The minimum absolute atomic E-state index is 0.0560. The van der Waals surface area contributed by atoms with Crippen molar-refractivity contribution in [2.75, 3.05) is 20.8 Å². The van der Waals surface area contributed by atoms with Gasteiger partial charge in [-0.3, -0.25) is 4.79 Å². The van der Waals surface area contributed by atoms with Crippen molar-refractivity contribution < 1.29 is 73.1 Å². The number of methoxy groups -OCH3 is 2. The smallest absolute Gasteiger partial charge is 0.338 e. The van der Waals surface area contributed by atoms with Crippen LogP contribution >= 0.6 is 0 Å². The summed E-state index contributed by atoms with van der Waals surface area (Å²) in [6, 6.07) is 4.05. The van der Waals surface area contributed by atoms with E-state index in [0.717, 1.165) is 13.2 Å². The summed E-state index contributed by atoms with van der Waals surface area (Å²) in [5.74, 6) is -4.27. The zero-order valence-electron chi connectivity index (χ0n) is 23.8. The predicted octanol–water partition coefficient (Wildman–Crippen LogP) is -0.741. The SMILES string of the molecule is COC(=O)C1=CO[C@@H](O[C@@H]2O[C@H](COC(C)=O)[C@@H](O)[C@H](O)[C@H]2O)[C@H]2[C@@H]1C=C[C@@]21C=C([C@H](O)c2ccc(O)c(OC)c2)C(=O)O1. The van der Waals surface area contributed by atoms with Gasteiger partial charge in [0.1, 0.15) is 37.1 Å². The lowest BCUT2D eigenvalue weighted by Crippen LogP contribution is -2.61. The summed E-state index contributed by atoms with van der Waals surface area (Å²) >= 11 is 0. The molecule has 1 saturated heterocycles. The van der Waals surface area contributed by atoms with Crippen molar-refractivity contribution in [2.24, 2.45) is 11.8 Å². The Labute approximate surface area is 250 Å². The number of aromatic hydroxyl groups is 1. The van der Waals surface area contributed by atoms with E-state index in [9.17, 15) is 39.9 Å². The molecule has 44 heavy (non-hydrogen) atoms. The number of rotatable bonds is 8. The molecule has 0 amide bonds. The van der Waals surface area contributed by atoms with Crippen LogP contribution in [0.25, 0.3) is 0 Å². The van der Waals surface area contributed by atoms with Gasteiger partial charge in [0.15, 0.2) is 23.4 Å². The first-order valence-electron chi connectivity index (χ1n) is 13.5. The average Bonchev–Trinajstić information content (AvgIpc) is 3.55. The fourth-order valence-electron chi connectivity index (χ4n) is 5.70. The van der Waals surface area contributed by atoms with Gasteiger partial charge in [-0.2, -0.15) is 0 Å². The summed E-state index contributed by atoms with van der Waals surface area (Å²) < 4.78 is 38.0. The molecule has 3 aliphatic heterocycles. The van der Waals surface area contributed by atoms with E-state index in [1.54, 1.807) is 6.08 Å². The first-order valence-corrected chi connectivity index (χ1v) is 13.5. The summed E-state index contributed by atoms with van der Waals surface area (Å²) in [6.45, 7) is 0.682. The zero-order chi connectivity index (χ0) is 31.9. The highest BCUT2D eigenvalue weighted by atomic mass is 16.8. The molecule has 1 aliphatic carbocycles. The molecule has 1 aromatic rings. The largest absolute Gasteiger partial charge is 0.504 e. The van der Waals surface area contributed by atoms with Crippen molar-refractivity contribution in [3.8, 4) is 11.5 Å². The molecular weight excluding hydrogens is 588 g/mol. The maximum atomic E-state index is 13.2. The van der Waals surface area contributed by atoms with Gasteiger partial charge in [-0.15, -0.1) is 0 Å². The van der Waals surface area contributed by atoms with Gasteiger partial charge in [0.25, 0.3) is 0 Å². The molecule has 238 valence electrons. The van der Waals surface area contributed by atoms with Crippen molar-refractivity contribution in [3.63, 3.8) is 0 Å². The highest BCUT2D eigenvalue weighted by Crippen LogP contribution is 2.52. The number of aliphatic hydroxyl groups excluding tert-OH is 4. The van der Waals surface area contributed by atoms with Crippen LogP contribution in [-0.2, 0) is 42.8 Å². The third-order valence-electron chi connectivity index (χ3n) is 7.96. The highest BCUT2D eigenvalue weighted by molar-refractivity contribution is 5.94. The van der Waals surface area contributed by atoms with Crippen molar-refractivity contribution in [1.29, 1.82) is 0 Å². The maximum Gasteiger partial charge on any atom is 0.338 e. The van der Waals surface area contributed by atoms with E-state index in [0.29, 0.717) is 0 Å². The normalized spacial score (nSPS) is 34.8. The molecule has 0 saturated carbocycles. The first kappa shape index (κ1) is 31.4. The van der Waals surface area contributed by atoms with Crippen molar-refractivity contribution in [3.05, 3.63) is 59.4 Å². The number of phenols is 1. The minimum atomic E-state index is -1.79. The van der Waals surface area contributed by atoms with Gasteiger partial charge in [-0.1, -0.05) is 12.1 Å². The van der Waals surface area contributed by atoms with Crippen LogP contribution in [0.5, 0.6) is 11.5 Å². The van der Waals surface area contributed by atoms with E-state index in [-0.39, 0.29) is 28.2 Å². The molecule has 0 bridgehead atoms. The van der Waals surface area contributed by atoms with E-state index < -0.39 is 85.1 Å². The molecule has 3 heterocycles. The van der Waals surface area contributed by atoms with E-state index in [1.165, 1.54) is 44.6 Å². The molecule has 10 atom stereocenters. The molecule has 1 spiro atoms. The Kier molecular flexibility index (Phi) is 8.71. The van der Waals surface area contributed by atoms with Gasteiger partial charge in [-0.25, -0.2) is 9.59 Å². The molecule has 1 fully saturated rings. The molecule has 5 rings (SSSR count). The van der Waals surface area contributed by atoms with Gasteiger partial charge in [-0.05, 0) is 29.8 Å². The molecule has 0 radical (unpaired) electrons. The Hall–Kier alpha value is -3.99. The molecule has 15 heteroatoms. The lowest BCUT2D eigenvalue weighted by molar-refractivity contribution is -0.344. The Morgan fingerprint density at radius 1 is 1.09 bits per heavy atom. The fourth-order valence-corrected chi connectivity index (χ4v) is 5.70. The van der Waals surface area contributed by atoms with Gasteiger partial charge in [0, 0.05) is 12.8 Å². The van der Waals surface area contributed by atoms with Gasteiger partial charge in [0.05, 0.1) is 37.5 Å². The highest BCUT2D eigenvalue weighted by Gasteiger charge is 2.60. The Morgan fingerprint density at radius 3 is 2.52 bits per heavy atom. The third kappa shape index (κ3) is 5.53. The third-order valence-corrected chi connectivity index (χ3v) is 7.96. The van der Waals surface area contributed by atoms with Crippen LogP contribution in [0.2, 0.25) is 0 Å². The van der Waals surface area contributed by atoms with Crippen LogP contribution < -0.4 is 4.74 Å². The summed E-state index contributed by atoms with van der Waals surface area (Å²) in [4.78, 5) is 37.1. The zero-order valence-corrected chi connectivity index (χ0v) is 23.8. The molecule has 4 aliphatic rings. The Balaban J connectivity index is 1.47. The Bertz CT molecular complexity index is 1400. The van der Waals surface area contributed by atoms with E-state index in [2.05, 4.69) is 0 Å². The van der Waals surface area contributed by atoms with Crippen molar-refractivity contribution in [1.82, 2.24) is 0 Å². The molecule has 5 N–H and O–H groups in total. The Morgan fingerprint density at radius 2 is 1.84 bits per heavy atom. The summed E-state index contributed by atoms with van der Waals surface area (Å²) in [7, 11) is 2.50. The van der Waals surface area contributed by atoms with Crippen molar-refractivity contribution in [2.45, 2.75) is 55.6 Å². The number of benzene rings is 1. The van der Waals surface area contributed by atoms with Gasteiger partial charge in [0.2, 0.25) is 6.29 Å². The van der Waals surface area contributed by atoms with E-state index >= 15 is 0 Å². The maximum absolute atomic E-state index is 13.2. The quantitative estimate of drug-likeness (QED) is 0.137. The van der Waals surface area contributed by atoms with Crippen LogP contribution in [0.1, 0.15) is 18.6 Å². The van der Waals surface area contributed by atoms with E-state index in [1.807, 2.05) is 0 Å². The topological polar surface area (TPSA) is 217 Å². The standard InChI is InChI=1S/C29H32O15/c1-12(30)40-11-19-22(33)23(34)24(35)28(42-19)43-27-20-14(16(10-41-27)25(36)39-3)6-7-29(20)9-15(26(37)44-29)21(32)13-4-5-17(31)18(8-13)38-2/h4-10,14,19-24,27-28,31-35H,11H2,1-3H3/t14-,19-,20-,21-,22-,23+,24-,27+,28+,29-/m1/s1. The second-order valence-electron chi connectivity index (χ2n) is 10.6. The van der Waals surface area contributed by atoms with Gasteiger partial charge < -0.3 is 58.7 Å². The molecule has 1 aromatic carbocycles. The lowest BCUT2D eigenvalue weighted by atomic mass is 9.78. The molecule has 15 nitrogen and oxygen atoms in total. The number of hydrogen-bond acceptors (Lipinski definition) is 15. The van der Waals surface area contributed by atoms with Crippen LogP contribution in [0.15, 0.2) is 53.8 Å². The second kappa shape index (κ2) is 12.2. The summed E-state index contributed by atoms with van der Waals surface area (Å²) in [6.07, 6.45) is -5.49. The number of ether oxygens (including phenoxy) is 7. The number of carbonyl (C=O) groups excluding carboxylic acids is 3. The van der Waals surface area contributed by atoms with Crippen molar-refractivity contribution >= 4 is 17.9 Å². The molecule has 0 aromatic heterocycles. The number of fused-ring (bicyclic) bond motifs is 2. The summed E-state index contributed by atoms with van der Waals surface area (Å²) in [5.41, 5.74) is -1.52. The predicted molar refractivity (Wildman–Crippen MR) is 142 cm³/mol. The number of carbonyl (C=O) groups is 3. The monoisotopic (exact) mass is 620 g/mol. The second-order valence-corrected chi connectivity index (χ2v) is 10.6. The number of phenolic OH excluding ortho intramolecular Hbond substituents is 1. The lowest BCUT2D eigenvalue weighted by Gasteiger charge is -2.44. The molecular formula is C29H32O15. The molecule has 0 unspecified atom stereocenters. The number of allylic oxidation sites excluding steroid dienone is 1. The van der Waals surface area contributed by atoms with Gasteiger partial charge >= 0.3 is 17.9 Å². The fraction of sp³-hybridized carbons (Fsp3) is 0.483. The number of esters is 3. The minimum Gasteiger partial charge on any atom is -0.504 e. The van der Waals surface area contributed by atoms with Crippen LogP contribution in [0.3, 0.4) is 0 Å². The van der Waals surface area contributed by atoms with Crippen LogP contribution in [0, 0.1) is 11.8 Å². The average molecular weight is 621 g/mol. The first-order chi connectivity index (χ1) is 20.9. The van der Waals surface area contributed by atoms with Crippen LogP contribution in [-0.4, -0.2) is 107 Å². The van der Waals surface area contributed by atoms with Crippen LogP contribution in [0.4, 0.5) is 0 Å². The number of hydrogen-bond donors (Lipinski definition) is 5.